The highest BCUT2D eigenvalue weighted by atomic mass is 35.5. The number of hydrogen-bond acceptors (Lipinski definition) is 6. The van der Waals surface area contributed by atoms with Gasteiger partial charge >= 0.3 is 17.9 Å². The Morgan fingerprint density at radius 1 is 1.00 bits per heavy atom. The molecule has 7 nitrogen and oxygen atoms in total. The molecule has 1 rings (SSSR count). The molecule has 0 amide bonds. The number of rotatable bonds is 7. The summed E-state index contributed by atoms with van der Waals surface area (Å²) in [5.41, 5.74) is 6.07. The fourth-order valence-corrected chi connectivity index (χ4v) is 1.64. The van der Waals surface area contributed by atoms with Crippen LogP contribution in [0.5, 0.6) is 11.5 Å². The van der Waals surface area contributed by atoms with Gasteiger partial charge in [0.25, 0.3) is 0 Å². The highest BCUT2D eigenvalue weighted by Gasteiger charge is 2.19. The van der Waals surface area contributed by atoms with E-state index >= 15 is 0 Å². The Morgan fingerprint density at radius 2 is 1.48 bits per heavy atom. The number of carboxylic acids is 1. The summed E-state index contributed by atoms with van der Waals surface area (Å²) in [5.74, 6) is -2.63. The SMILES string of the molecule is CC(C)C(=O)Oc1ccc(C[C@H](N)C(=O)O)cc1OC(=O)C(C)C.Cl. The molecule has 0 aliphatic rings. The zero-order valence-electron chi connectivity index (χ0n) is 14.6. The molecule has 3 N–H and O–H groups in total. The molecule has 0 saturated carbocycles. The Balaban J connectivity index is 0.00000576. The molecule has 0 aliphatic heterocycles. The van der Waals surface area contributed by atoms with Gasteiger partial charge in [-0.15, -0.1) is 12.4 Å². The summed E-state index contributed by atoms with van der Waals surface area (Å²) in [7, 11) is 0. The van der Waals surface area contributed by atoms with Crippen LogP contribution >= 0.6 is 12.4 Å². The molecule has 0 radical (unpaired) electrons. The van der Waals surface area contributed by atoms with E-state index in [0.29, 0.717) is 5.56 Å². The van der Waals surface area contributed by atoms with Crippen LogP contribution in [-0.4, -0.2) is 29.1 Å². The average Bonchev–Trinajstić information content (AvgIpc) is 2.49. The molecule has 0 spiro atoms. The lowest BCUT2D eigenvalue weighted by Gasteiger charge is -2.15. The van der Waals surface area contributed by atoms with Crippen molar-refractivity contribution < 1.29 is 29.0 Å². The predicted molar refractivity (Wildman–Crippen MR) is 94.0 cm³/mol. The van der Waals surface area contributed by atoms with E-state index in [-0.39, 0.29) is 42.2 Å². The van der Waals surface area contributed by atoms with Gasteiger partial charge in [0.15, 0.2) is 11.5 Å². The van der Waals surface area contributed by atoms with Gasteiger partial charge in [-0.25, -0.2) is 0 Å². The maximum atomic E-state index is 11.8. The van der Waals surface area contributed by atoms with Crippen LogP contribution in [0.25, 0.3) is 0 Å². The number of ether oxygens (including phenoxy) is 2. The van der Waals surface area contributed by atoms with Crippen LogP contribution in [0.2, 0.25) is 0 Å². The maximum absolute atomic E-state index is 11.8. The maximum Gasteiger partial charge on any atom is 0.320 e. The van der Waals surface area contributed by atoms with Gasteiger partial charge in [-0.2, -0.15) is 0 Å². The first kappa shape index (κ1) is 22.9. The van der Waals surface area contributed by atoms with Crippen molar-refractivity contribution in [3.05, 3.63) is 23.8 Å². The minimum atomic E-state index is -1.13. The average molecular weight is 374 g/mol. The van der Waals surface area contributed by atoms with Gasteiger partial charge in [0, 0.05) is 0 Å². The van der Waals surface area contributed by atoms with Crippen LogP contribution < -0.4 is 15.2 Å². The van der Waals surface area contributed by atoms with Crippen LogP contribution in [0.1, 0.15) is 33.3 Å². The Bertz CT molecular complexity index is 630. The number of hydrogen-bond donors (Lipinski definition) is 2. The normalized spacial score (nSPS) is 11.6. The number of nitrogens with two attached hydrogens (primary N) is 1. The number of carbonyl (C=O) groups is 3. The smallest absolute Gasteiger partial charge is 0.320 e. The third kappa shape index (κ3) is 7.11. The largest absolute Gasteiger partial charge is 0.480 e. The van der Waals surface area contributed by atoms with Crippen molar-refractivity contribution in [1.82, 2.24) is 0 Å². The topological polar surface area (TPSA) is 116 Å². The lowest BCUT2D eigenvalue weighted by molar-refractivity contribution is -0.140. The predicted octanol–water partition coefficient (Wildman–Crippen LogP) is 2.19. The molecule has 1 aromatic rings. The number of benzene rings is 1. The first-order valence-electron chi connectivity index (χ1n) is 7.66. The quantitative estimate of drug-likeness (QED) is 0.555. The number of aliphatic carboxylic acids is 1. The zero-order valence-corrected chi connectivity index (χ0v) is 15.5. The molecule has 0 aromatic heterocycles. The molecule has 0 bridgehead atoms. The van der Waals surface area contributed by atoms with Crippen molar-refractivity contribution in [3.8, 4) is 11.5 Å². The molecular formula is C17H24ClNO6. The number of halogens is 1. The van der Waals surface area contributed by atoms with Crippen LogP contribution in [0, 0.1) is 11.8 Å². The Hall–Kier alpha value is -2.12. The lowest BCUT2D eigenvalue weighted by atomic mass is 10.1. The summed E-state index contributed by atoms with van der Waals surface area (Å²) >= 11 is 0. The first-order chi connectivity index (χ1) is 11.1. The van der Waals surface area contributed by atoms with E-state index in [4.69, 9.17) is 20.3 Å². The Morgan fingerprint density at radius 3 is 1.92 bits per heavy atom. The van der Waals surface area contributed by atoms with E-state index in [1.807, 2.05) is 0 Å². The van der Waals surface area contributed by atoms with Gasteiger partial charge in [-0.3, -0.25) is 14.4 Å². The van der Waals surface area contributed by atoms with Gasteiger partial charge in [-0.05, 0) is 24.1 Å². The van der Waals surface area contributed by atoms with Crippen molar-refractivity contribution in [1.29, 1.82) is 0 Å². The van der Waals surface area contributed by atoms with Crippen LogP contribution in [0.15, 0.2) is 18.2 Å². The van der Waals surface area contributed by atoms with Gasteiger partial charge in [-0.1, -0.05) is 33.8 Å². The van der Waals surface area contributed by atoms with Gasteiger partial charge in [0.1, 0.15) is 6.04 Å². The zero-order chi connectivity index (χ0) is 18.4. The summed E-state index contributed by atoms with van der Waals surface area (Å²) in [6, 6.07) is 3.43. The van der Waals surface area contributed by atoms with Gasteiger partial charge < -0.3 is 20.3 Å². The van der Waals surface area contributed by atoms with E-state index in [0.717, 1.165) is 0 Å². The second-order valence-corrected chi connectivity index (χ2v) is 6.08. The van der Waals surface area contributed by atoms with E-state index in [1.165, 1.54) is 12.1 Å². The minimum Gasteiger partial charge on any atom is -0.480 e. The summed E-state index contributed by atoms with van der Waals surface area (Å²) < 4.78 is 10.5. The van der Waals surface area contributed by atoms with Crippen LogP contribution in [0.3, 0.4) is 0 Å². The monoisotopic (exact) mass is 373 g/mol. The minimum absolute atomic E-state index is 0. The third-order valence-corrected chi connectivity index (χ3v) is 3.14. The molecule has 0 aliphatic carbocycles. The van der Waals surface area contributed by atoms with E-state index in [2.05, 4.69) is 0 Å². The molecule has 0 saturated heterocycles. The number of carbonyl (C=O) groups excluding carboxylic acids is 2. The fraction of sp³-hybridized carbons (Fsp3) is 0.471. The van der Waals surface area contributed by atoms with Crippen molar-refractivity contribution in [2.45, 2.75) is 40.2 Å². The highest BCUT2D eigenvalue weighted by molar-refractivity contribution is 5.85. The standard InChI is InChI=1S/C17H23NO6.ClH/c1-9(2)16(21)23-13-6-5-11(7-12(18)15(19)20)8-14(13)24-17(22)10(3)4;/h5-6,8-10,12H,7,18H2,1-4H3,(H,19,20);1H/t12-;/m0./s1. The van der Waals surface area contributed by atoms with Crippen molar-refractivity contribution in [2.75, 3.05) is 0 Å². The summed E-state index contributed by atoms with van der Waals surface area (Å²) in [5, 5.41) is 8.89. The third-order valence-electron chi connectivity index (χ3n) is 3.14. The number of carboxylic acid groups (broad SMARTS) is 1. The van der Waals surface area contributed by atoms with Crippen LogP contribution in [0.4, 0.5) is 0 Å². The van der Waals surface area contributed by atoms with Crippen molar-refractivity contribution in [3.63, 3.8) is 0 Å². The molecule has 1 atom stereocenters. The first-order valence-corrected chi connectivity index (χ1v) is 7.66. The Kier molecular flexibility index (Phi) is 9.16. The van der Waals surface area contributed by atoms with E-state index in [9.17, 15) is 14.4 Å². The molecule has 0 fully saturated rings. The van der Waals surface area contributed by atoms with E-state index < -0.39 is 23.9 Å². The summed E-state index contributed by atoms with van der Waals surface area (Å²) in [4.78, 5) is 34.5. The Labute approximate surface area is 152 Å². The molecule has 25 heavy (non-hydrogen) atoms. The fourth-order valence-electron chi connectivity index (χ4n) is 1.64. The number of esters is 2. The summed E-state index contributed by atoms with van der Waals surface area (Å²) in [6.07, 6.45) is 0.0555. The summed E-state index contributed by atoms with van der Waals surface area (Å²) in [6.45, 7) is 6.71. The molecular weight excluding hydrogens is 350 g/mol. The molecule has 1 aromatic carbocycles. The van der Waals surface area contributed by atoms with Gasteiger partial charge in [0.2, 0.25) is 0 Å². The molecule has 0 unspecified atom stereocenters. The van der Waals surface area contributed by atoms with Gasteiger partial charge in [0.05, 0.1) is 11.8 Å². The molecule has 0 heterocycles. The second kappa shape index (κ2) is 10.0. The lowest BCUT2D eigenvalue weighted by Crippen LogP contribution is -2.32. The highest BCUT2D eigenvalue weighted by Crippen LogP contribution is 2.30. The second-order valence-electron chi connectivity index (χ2n) is 6.08. The van der Waals surface area contributed by atoms with Crippen molar-refractivity contribution >= 4 is 30.3 Å². The molecule has 8 heteroatoms. The van der Waals surface area contributed by atoms with E-state index in [1.54, 1.807) is 33.8 Å². The van der Waals surface area contributed by atoms with Crippen LogP contribution in [-0.2, 0) is 20.8 Å². The van der Waals surface area contributed by atoms with Crippen molar-refractivity contribution in [2.24, 2.45) is 17.6 Å². The molecule has 140 valence electrons.